The summed E-state index contributed by atoms with van der Waals surface area (Å²) in [5, 5.41) is 53.7. The summed E-state index contributed by atoms with van der Waals surface area (Å²) in [5.74, 6) is -2.42. The molecule has 5 saturated heterocycles. The van der Waals surface area contributed by atoms with Crippen LogP contribution < -0.4 is 5.32 Å². The van der Waals surface area contributed by atoms with E-state index in [1.165, 1.54) is 5.06 Å². The lowest BCUT2D eigenvalue weighted by Crippen LogP contribution is -2.70. The molecule has 12 atom stereocenters. The number of aliphatic hydroxyl groups excluding tert-OH is 5. The number of hydrogen-bond acceptors (Lipinski definition) is 15. The molecule has 2 amide bonds. The highest BCUT2D eigenvalue weighted by molar-refractivity contribution is 5.96. The first kappa shape index (κ1) is 39.6. The molecule has 6 fully saturated rings. The Bertz CT molecular complexity index is 1900. The fourth-order valence-electron chi connectivity index (χ4n) is 10.1. The number of hydroxylamine groups is 2. The molecule has 17 nitrogen and oxygen atoms in total. The van der Waals surface area contributed by atoms with E-state index in [2.05, 4.69) is 5.32 Å². The van der Waals surface area contributed by atoms with Gasteiger partial charge in [0, 0.05) is 32.4 Å². The number of hydrogen-bond donors (Lipinski definition) is 6. The van der Waals surface area contributed by atoms with Gasteiger partial charge in [0.25, 0.3) is 0 Å². The van der Waals surface area contributed by atoms with E-state index >= 15 is 4.79 Å². The SMILES string of the molecule is O=C(NCCO)[C@H]1CCCN1C(=O)[C@@]12C[C@H]3OC(=O)[C@@H]1N(Cc1ccccc1C=CCO[C@H]1O[C@H](CO)[C@H](O)[C@H](O)[C@H]1O)O[C@@H]2[C@H]1OC2(Cc4ccccc4C2)O[C@H]13. The van der Waals surface area contributed by atoms with Crippen LogP contribution in [0.4, 0.5) is 0 Å². The van der Waals surface area contributed by atoms with Crippen LogP contribution >= 0.6 is 0 Å². The van der Waals surface area contributed by atoms with Crippen molar-refractivity contribution in [3.63, 3.8) is 0 Å². The number of rotatable bonds is 11. The van der Waals surface area contributed by atoms with Crippen molar-refractivity contribution < 1.29 is 68.4 Å². The zero-order chi connectivity index (χ0) is 40.3. The fourth-order valence-corrected chi connectivity index (χ4v) is 10.1. The molecule has 1 spiro atoms. The Morgan fingerprint density at radius 2 is 1.71 bits per heavy atom. The fraction of sp³-hybridized carbons (Fsp3) is 0.585. The lowest BCUT2D eigenvalue weighted by Gasteiger charge is -2.50. The molecule has 5 aliphatic heterocycles. The lowest BCUT2D eigenvalue weighted by atomic mass is 9.62. The first-order chi connectivity index (χ1) is 28.1. The smallest absolute Gasteiger partial charge is 0.327 e. The second-order valence-corrected chi connectivity index (χ2v) is 16.2. The van der Waals surface area contributed by atoms with E-state index in [1.54, 1.807) is 17.1 Å². The van der Waals surface area contributed by atoms with Crippen molar-refractivity contribution in [1.29, 1.82) is 0 Å². The molecular formula is C41H49N3O14. The Hall–Kier alpha value is -3.85. The van der Waals surface area contributed by atoms with Crippen molar-refractivity contribution >= 4 is 23.9 Å². The number of esters is 1. The molecule has 2 aromatic rings. The van der Waals surface area contributed by atoms with Crippen molar-refractivity contribution in [3.8, 4) is 0 Å². The van der Waals surface area contributed by atoms with Gasteiger partial charge in [-0.05, 0) is 35.1 Å². The molecule has 2 bridgehead atoms. The summed E-state index contributed by atoms with van der Waals surface area (Å²) < 4.78 is 30.9. The van der Waals surface area contributed by atoms with Crippen LogP contribution in [0.5, 0.6) is 0 Å². The minimum Gasteiger partial charge on any atom is -0.458 e. The summed E-state index contributed by atoms with van der Waals surface area (Å²) in [5.41, 5.74) is 2.16. The highest BCUT2D eigenvalue weighted by atomic mass is 16.8. The van der Waals surface area contributed by atoms with Crippen LogP contribution in [0.2, 0.25) is 0 Å². The summed E-state index contributed by atoms with van der Waals surface area (Å²) >= 11 is 0. The van der Waals surface area contributed by atoms with Gasteiger partial charge in [0.1, 0.15) is 60.3 Å². The van der Waals surface area contributed by atoms with Crippen molar-refractivity contribution in [1.82, 2.24) is 15.3 Å². The molecular weight excluding hydrogens is 758 g/mol. The maximum absolute atomic E-state index is 15.3. The minimum atomic E-state index is -1.57. The Kier molecular flexibility index (Phi) is 10.7. The van der Waals surface area contributed by atoms with Gasteiger partial charge in [-0.3, -0.25) is 19.2 Å². The number of likely N-dealkylation sites (tertiary alicyclic amines) is 1. The Labute approximate surface area is 334 Å². The number of amides is 2. The molecule has 5 heterocycles. The Morgan fingerprint density at radius 3 is 2.47 bits per heavy atom. The van der Waals surface area contributed by atoms with Gasteiger partial charge in [-0.25, -0.2) is 0 Å². The van der Waals surface area contributed by atoms with E-state index in [9.17, 15) is 35.1 Å². The van der Waals surface area contributed by atoms with Crippen molar-refractivity contribution in [3.05, 3.63) is 76.9 Å². The number of ether oxygens (including phenoxy) is 5. The zero-order valence-corrected chi connectivity index (χ0v) is 31.7. The van der Waals surface area contributed by atoms with Crippen LogP contribution in [0, 0.1) is 5.41 Å². The van der Waals surface area contributed by atoms with Gasteiger partial charge in [-0.1, -0.05) is 60.7 Å². The highest BCUT2D eigenvalue weighted by Gasteiger charge is 2.77. The second-order valence-electron chi connectivity index (χ2n) is 16.2. The quantitative estimate of drug-likeness (QED) is 0.145. The van der Waals surface area contributed by atoms with E-state index in [0.717, 1.165) is 22.3 Å². The molecule has 2 aromatic carbocycles. The van der Waals surface area contributed by atoms with Gasteiger partial charge in [-0.15, -0.1) is 0 Å². The molecule has 0 aromatic heterocycles. The van der Waals surface area contributed by atoms with Crippen molar-refractivity contribution in [2.45, 2.75) is 112 Å². The molecule has 6 N–H and O–H groups in total. The third-order valence-corrected chi connectivity index (χ3v) is 12.8. The average Bonchev–Trinajstić information content (AvgIpc) is 4.02. The monoisotopic (exact) mass is 807 g/mol. The first-order valence-corrected chi connectivity index (χ1v) is 20.0. The molecule has 0 unspecified atom stereocenters. The highest BCUT2D eigenvalue weighted by Crippen LogP contribution is 2.59. The van der Waals surface area contributed by atoms with Gasteiger partial charge in [0.2, 0.25) is 11.8 Å². The van der Waals surface area contributed by atoms with E-state index in [4.69, 9.17) is 28.5 Å². The average molecular weight is 808 g/mol. The third kappa shape index (κ3) is 6.57. The summed E-state index contributed by atoms with van der Waals surface area (Å²) in [4.78, 5) is 51.3. The topological polar surface area (TPSA) is 226 Å². The Balaban J connectivity index is 1.00. The number of carbonyl (C=O) groups is 3. The molecule has 0 radical (unpaired) electrons. The largest absolute Gasteiger partial charge is 0.458 e. The van der Waals surface area contributed by atoms with Gasteiger partial charge in [0.05, 0.1) is 26.4 Å². The standard InChI is InChI=1S/C41H49N3O14/c45-15-13-42-36(50)26-12-5-14-43(26)39(52)41-19-27-32-33(57-40(56-32)17-23-8-2-3-9-24(23)18-40)35(41)58-44(34(41)37(51)54-27)20-25-10-4-1-7-22(25)11-6-16-53-38-31(49)30(48)29(47)28(21-46)55-38/h1-4,6-11,26-35,38,45-49H,5,12-21H2,(H,42,50)/t26-,27-,28-,29+,30+,31-,32+,33+,34+,35-,38+,41+/m1/s1. The summed E-state index contributed by atoms with van der Waals surface area (Å²) in [6.45, 7) is -0.483. The van der Waals surface area contributed by atoms with Gasteiger partial charge in [0.15, 0.2) is 18.1 Å². The third-order valence-electron chi connectivity index (χ3n) is 12.8. The molecule has 58 heavy (non-hydrogen) atoms. The van der Waals surface area contributed by atoms with Gasteiger partial charge >= 0.3 is 5.97 Å². The molecule has 9 rings (SSSR count). The van der Waals surface area contributed by atoms with Crippen LogP contribution in [0.25, 0.3) is 6.08 Å². The van der Waals surface area contributed by atoms with Gasteiger partial charge in [-0.2, -0.15) is 5.06 Å². The van der Waals surface area contributed by atoms with Crippen LogP contribution in [-0.4, -0.2) is 159 Å². The molecule has 17 heteroatoms. The molecule has 2 aliphatic carbocycles. The predicted molar refractivity (Wildman–Crippen MR) is 197 cm³/mol. The Morgan fingerprint density at radius 1 is 0.966 bits per heavy atom. The van der Waals surface area contributed by atoms with Crippen LogP contribution in [0.1, 0.15) is 41.5 Å². The predicted octanol–water partition coefficient (Wildman–Crippen LogP) is -1.31. The van der Waals surface area contributed by atoms with Crippen LogP contribution in [0.15, 0.2) is 54.6 Å². The number of benzene rings is 2. The minimum absolute atomic E-state index is 0.0478. The van der Waals surface area contributed by atoms with E-state index in [1.807, 2.05) is 48.5 Å². The second kappa shape index (κ2) is 15.6. The van der Waals surface area contributed by atoms with Crippen molar-refractivity contribution in [2.75, 3.05) is 32.9 Å². The number of carbonyl (C=O) groups excluding carboxylic acids is 3. The van der Waals surface area contributed by atoms with Crippen molar-refractivity contribution in [2.24, 2.45) is 5.41 Å². The number of aliphatic hydroxyl groups is 5. The summed E-state index contributed by atoms with van der Waals surface area (Å²) in [7, 11) is 0. The maximum atomic E-state index is 15.3. The molecule has 312 valence electrons. The van der Waals surface area contributed by atoms with Crippen LogP contribution in [-0.2, 0) is 62.3 Å². The number of nitrogens with one attached hydrogen (secondary N) is 1. The molecule has 7 aliphatic rings. The lowest BCUT2D eigenvalue weighted by molar-refractivity contribution is -0.298. The number of fused-ring (bicyclic) bond motifs is 5. The maximum Gasteiger partial charge on any atom is 0.327 e. The van der Waals surface area contributed by atoms with Gasteiger partial charge < -0.3 is 59.4 Å². The summed E-state index contributed by atoms with van der Waals surface area (Å²) in [6.07, 6.45) is -4.75. The van der Waals surface area contributed by atoms with E-state index in [-0.39, 0.29) is 44.5 Å². The molecule has 1 saturated carbocycles. The first-order valence-electron chi connectivity index (χ1n) is 20.0. The van der Waals surface area contributed by atoms with E-state index in [0.29, 0.717) is 32.2 Å². The zero-order valence-electron chi connectivity index (χ0n) is 31.7. The van der Waals surface area contributed by atoms with Crippen LogP contribution in [0.3, 0.4) is 0 Å². The summed E-state index contributed by atoms with van der Waals surface area (Å²) in [6, 6.07) is 13.4. The number of nitrogens with zero attached hydrogens (tertiary/aromatic N) is 2. The van der Waals surface area contributed by atoms with E-state index < -0.39 is 91.0 Å². The normalized spacial score (nSPS) is 37.3.